The zero-order chi connectivity index (χ0) is 13.8. The molecule has 2 aromatic rings. The minimum atomic E-state index is 0.687. The molecule has 0 unspecified atom stereocenters. The Morgan fingerprint density at radius 2 is 1.95 bits per heavy atom. The third kappa shape index (κ3) is 3.10. The third-order valence-corrected chi connectivity index (χ3v) is 4.21. The first kappa shape index (κ1) is 13.4. The Morgan fingerprint density at radius 1 is 1.20 bits per heavy atom. The normalized spacial score (nSPS) is 15.8. The van der Waals surface area contributed by atoms with E-state index in [1.807, 2.05) is 6.20 Å². The predicted octanol–water partition coefficient (Wildman–Crippen LogP) is 3.67. The lowest BCUT2D eigenvalue weighted by molar-refractivity contribution is 0.515. The number of imidazole rings is 1. The third-order valence-electron chi connectivity index (χ3n) is 4.21. The number of benzene rings is 1. The minimum Gasteiger partial charge on any atom is -0.341 e. The smallest absolute Gasteiger partial charge is 0.120 e. The van der Waals surface area contributed by atoms with Gasteiger partial charge in [-0.25, -0.2) is 4.98 Å². The Bertz CT molecular complexity index is 536. The van der Waals surface area contributed by atoms with Crippen LogP contribution in [0, 0.1) is 0 Å². The second kappa shape index (κ2) is 6.23. The maximum absolute atomic E-state index is 4.48. The van der Waals surface area contributed by atoms with Gasteiger partial charge in [-0.2, -0.15) is 0 Å². The first-order valence-electron chi connectivity index (χ1n) is 7.71. The van der Waals surface area contributed by atoms with Crippen molar-refractivity contribution in [1.82, 2.24) is 15.3 Å². The molecule has 20 heavy (non-hydrogen) atoms. The van der Waals surface area contributed by atoms with Crippen molar-refractivity contribution in [3.63, 3.8) is 0 Å². The zero-order valence-electron chi connectivity index (χ0n) is 12.2. The quantitative estimate of drug-likeness (QED) is 0.869. The molecule has 106 valence electrons. The van der Waals surface area contributed by atoms with Crippen molar-refractivity contribution >= 4 is 0 Å². The maximum atomic E-state index is 4.48. The monoisotopic (exact) mass is 269 g/mol. The van der Waals surface area contributed by atoms with Crippen LogP contribution in [0.25, 0.3) is 11.3 Å². The van der Waals surface area contributed by atoms with Crippen molar-refractivity contribution in [2.45, 2.75) is 51.6 Å². The van der Waals surface area contributed by atoms with Gasteiger partial charge in [0, 0.05) is 6.04 Å². The largest absolute Gasteiger partial charge is 0.341 e. The summed E-state index contributed by atoms with van der Waals surface area (Å²) in [5, 5.41) is 3.59. The molecule has 0 bridgehead atoms. The van der Waals surface area contributed by atoms with Crippen LogP contribution in [0.3, 0.4) is 0 Å². The van der Waals surface area contributed by atoms with E-state index in [0.717, 1.165) is 24.5 Å². The Balaban J connectivity index is 1.62. The van der Waals surface area contributed by atoms with Crippen molar-refractivity contribution in [2.24, 2.45) is 0 Å². The summed E-state index contributed by atoms with van der Waals surface area (Å²) in [6.45, 7) is 3.02. The summed E-state index contributed by atoms with van der Waals surface area (Å²) in [5.74, 6) is 1.03. The first-order valence-corrected chi connectivity index (χ1v) is 7.71. The lowest BCUT2D eigenvalue weighted by atomic mass is 10.1. The van der Waals surface area contributed by atoms with Gasteiger partial charge in [-0.05, 0) is 30.4 Å². The molecule has 3 rings (SSSR count). The number of hydrogen-bond donors (Lipinski definition) is 2. The van der Waals surface area contributed by atoms with Crippen molar-refractivity contribution in [3.05, 3.63) is 41.9 Å². The number of hydrogen-bond acceptors (Lipinski definition) is 2. The highest BCUT2D eigenvalue weighted by Crippen LogP contribution is 2.19. The van der Waals surface area contributed by atoms with Crippen LogP contribution in [0.1, 0.15) is 44.0 Å². The summed E-state index contributed by atoms with van der Waals surface area (Å²) >= 11 is 0. The van der Waals surface area contributed by atoms with E-state index in [1.54, 1.807) is 0 Å². The van der Waals surface area contributed by atoms with Gasteiger partial charge in [0.25, 0.3) is 0 Å². The van der Waals surface area contributed by atoms with E-state index in [1.165, 1.54) is 36.8 Å². The minimum absolute atomic E-state index is 0.687. The molecule has 1 fully saturated rings. The second-order valence-corrected chi connectivity index (χ2v) is 5.66. The lowest BCUT2D eigenvalue weighted by Crippen LogP contribution is -2.25. The van der Waals surface area contributed by atoms with Gasteiger partial charge in [0.15, 0.2) is 0 Å². The van der Waals surface area contributed by atoms with Crippen molar-refractivity contribution in [3.8, 4) is 11.3 Å². The molecule has 1 saturated carbocycles. The van der Waals surface area contributed by atoms with Gasteiger partial charge in [-0.3, -0.25) is 0 Å². The van der Waals surface area contributed by atoms with E-state index in [9.17, 15) is 0 Å². The number of nitrogens with zero attached hydrogens (tertiary/aromatic N) is 1. The highest BCUT2D eigenvalue weighted by molar-refractivity contribution is 5.58. The number of aromatic amines is 1. The molecule has 0 atom stereocenters. The number of aryl methyl sites for hydroxylation is 1. The zero-order valence-corrected chi connectivity index (χ0v) is 12.2. The summed E-state index contributed by atoms with van der Waals surface area (Å²) in [6, 6.07) is 9.40. The van der Waals surface area contributed by atoms with Gasteiger partial charge in [0.05, 0.1) is 18.4 Å². The molecule has 0 amide bonds. The van der Waals surface area contributed by atoms with Crippen LogP contribution in [0.15, 0.2) is 30.5 Å². The summed E-state index contributed by atoms with van der Waals surface area (Å²) < 4.78 is 0. The predicted molar refractivity (Wildman–Crippen MR) is 82.5 cm³/mol. The molecular formula is C17H23N3. The van der Waals surface area contributed by atoms with Gasteiger partial charge in [-0.15, -0.1) is 0 Å². The molecule has 0 saturated heterocycles. The molecule has 1 aliphatic carbocycles. The number of nitrogens with one attached hydrogen (secondary N) is 2. The summed E-state index contributed by atoms with van der Waals surface area (Å²) in [6.07, 6.45) is 8.38. The maximum Gasteiger partial charge on any atom is 0.120 e. The van der Waals surface area contributed by atoms with Crippen molar-refractivity contribution < 1.29 is 0 Å². The van der Waals surface area contributed by atoms with Crippen molar-refractivity contribution in [1.29, 1.82) is 0 Å². The Hall–Kier alpha value is -1.61. The van der Waals surface area contributed by atoms with Crippen LogP contribution < -0.4 is 5.32 Å². The van der Waals surface area contributed by atoms with Crippen LogP contribution in [-0.4, -0.2) is 16.0 Å². The van der Waals surface area contributed by atoms with Gasteiger partial charge >= 0.3 is 0 Å². The Morgan fingerprint density at radius 3 is 2.65 bits per heavy atom. The van der Waals surface area contributed by atoms with E-state index in [2.05, 4.69) is 46.5 Å². The number of H-pyrrole nitrogens is 1. The van der Waals surface area contributed by atoms with Crippen LogP contribution in [0.5, 0.6) is 0 Å². The van der Waals surface area contributed by atoms with Crippen LogP contribution >= 0.6 is 0 Å². The molecule has 0 aliphatic heterocycles. The van der Waals surface area contributed by atoms with Crippen LogP contribution in [0.4, 0.5) is 0 Å². The molecule has 3 nitrogen and oxygen atoms in total. The Kier molecular flexibility index (Phi) is 4.16. The molecule has 0 radical (unpaired) electrons. The van der Waals surface area contributed by atoms with E-state index in [0.29, 0.717) is 6.04 Å². The average Bonchev–Trinajstić information content (AvgIpc) is 3.17. The van der Waals surface area contributed by atoms with E-state index < -0.39 is 0 Å². The molecule has 1 aromatic heterocycles. The summed E-state index contributed by atoms with van der Waals surface area (Å²) in [7, 11) is 0. The van der Waals surface area contributed by atoms with Gasteiger partial charge in [0.2, 0.25) is 0 Å². The lowest BCUT2D eigenvalue weighted by Gasteiger charge is -2.09. The standard InChI is InChI=1S/C17H23N3/c1-2-13-7-9-14(10-8-13)16-11-19-17(20-16)12-18-15-5-3-4-6-15/h7-11,15,18H,2-6,12H2,1H3,(H,19,20). The molecule has 0 spiro atoms. The number of aromatic nitrogens is 2. The van der Waals surface area contributed by atoms with Gasteiger partial charge < -0.3 is 10.3 Å². The first-order chi connectivity index (χ1) is 9.85. The highest BCUT2D eigenvalue weighted by atomic mass is 15.0. The topological polar surface area (TPSA) is 40.7 Å². The molecular weight excluding hydrogens is 246 g/mol. The molecule has 2 N–H and O–H groups in total. The highest BCUT2D eigenvalue weighted by Gasteiger charge is 2.14. The summed E-state index contributed by atoms with van der Waals surface area (Å²) in [4.78, 5) is 7.90. The van der Waals surface area contributed by atoms with E-state index in [-0.39, 0.29) is 0 Å². The van der Waals surface area contributed by atoms with Crippen LogP contribution in [-0.2, 0) is 13.0 Å². The molecule has 3 heteroatoms. The fourth-order valence-electron chi connectivity index (χ4n) is 2.89. The Labute approximate surface area is 120 Å². The van der Waals surface area contributed by atoms with E-state index in [4.69, 9.17) is 0 Å². The van der Waals surface area contributed by atoms with Crippen LogP contribution in [0.2, 0.25) is 0 Å². The SMILES string of the molecule is CCc1ccc(-c2cnc(CNC3CCCC3)[nH]2)cc1. The van der Waals surface area contributed by atoms with Crippen molar-refractivity contribution in [2.75, 3.05) is 0 Å². The molecule has 1 aromatic carbocycles. The number of rotatable bonds is 5. The summed E-state index contributed by atoms with van der Waals surface area (Å²) in [5.41, 5.74) is 3.69. The molecule has 1 aliphatic rings. The second-order valence-electron chi connectivity index (χ2n) is 5.66. The molecule has 1 heterocycles. The van der Waals surface area contributed by atoms with Gasteiger partial charge in [0.1, 0.15) is 5.82 Å². The fourth-order valence-corrected chi connectivity index (χ4v) is 2.89. The fraction of sp³-hybridized carbons (Fsp3) is 0.471. The van der Waals surface area contributed by atoms with E-state index >= 15 is 0 Å². The van der Waals surface area contributed by atoms with Gasteiger partial charge in [-0.1, -0.05) is 44.0 Å². The average molecular weight is 269 g/mol.